The normalized spacial score (nSPS) is 13.5. The van der Waals surface area contributed by atoms with E-state index in [1.165, 1.54) is 19.9 Å². The van der Waals surface area contributed by atoms with Gasteiger partial charge in [-0.05, 0) is 44.0 Å². The standard InChI is InChI=1S/C19H18F2N2O2/c1-19(2,17(24)22-13-7-8-14(20)15(21)11-13)18(25)23-10-9-12-5-3-4-6-16(12)23/h3-8,11H,9-10H2,1-2H3,(H,22,24). The molecule has 0 bridgehead atoms. The molecule has 4 nitrogen and oxygen atoms in total. The number of benzene rings is 2. The Morgan fingerprint density at radius 2 is 1.80 bits per heavy atom. The van der Waals surface area contributed by atoms with Crippen molar-refractivity contribution < 1.29 is 18.4 Å². The molecule has 1 aliphatic heterocycles. The molecule has 2 aromatic rings. The average molecular weight is 344 g/mol. The van der Waals surface area contributed by atoms with E-state index >= 15 is 0 Å². The average Bonchev–Trinajstić information content (AvgIpc) is 3.01. The zero-order valence-corrected chi connectivity index (χ0v) is 14.0. The lowest BCUT2D eigenvalue weighted by Gasteiger charge is -2.28. The van der Waals surface area contributed by atoms with Crippen LogP contribution in [0.25, 0.3) is 0 Å². The zero-order valence-electron chi connectivity index (χ0n) is 14.0. The Hall–Kier alpha value is -2.76. The van der Waals surface area contributed by atoms with Crippen molar-refractivity contribution in [3.8, 4) is 0 Å². The van der Waals surface area contributed by atoms with Gasteiger partial charge in [0.25, 0.3) is 0 Å². The van der Waals surface area contributed by atoms with Crippen molar-refractivity contribution in [2.75, 3.05) is 16.8 Å². The van der Waals surface area contributed by atoms with Crippen molar-refractivity contribution in [3.63, 3.8) is 0 Å². The predicted octanol–water partition coefficient (Wildman–Crippen LogP) is 3.52. The summed E-state index contributed by atoms with van der Waals surface area (Å²) in [5.74, 6) is -2.97. The number of anilines is 2. The maximum Gasteiger partial charge on any atom is 0.242 e. The van der Waals surface area contributed by atoms with Crippen LogP contribution in [0.1, 0.15) is 19.4 Å². The molecule has 0 radical (unpaired) electrons. The van der Waals surface area contributed by atoms with Crippen LogP contribution in [0.5, 0.6) is 0 Å². The second-order valence-corrected chi connectivity index (χ2v) is 6.54. The first-order chi connectivity index (χ1) is 11.8. The van der Waals surface area contributed by atoms with Gasteiger partial charge < -0.3 is 10.2 Å². The summed E-state index contributed by atoms with van der Waals surface area (Å²) in [6, 6.07) is 10.6. The molecule has 0 saturated heterocycles. The summed E-state index contributed by atoms with van der Waals surface area (Å²) in [5, 5.41) is 2.49. The Morgan fingerprint density at radius 1 is 1.08 bits per heavy atom. The van der Waals surface area contributed by atoms with Crippen LogP contribution in [0.2, 0.25) is 0 Å². The maximum absolute atomic E-state index is 13.3. The second kappa shape index (κ2) is 6.27. The number of carbonyl (C=O) groups excluding carboxylic acids is 2. The summed E-state index contributed by atoms with van der Waals surface area (Å²) < 4.78 is 26.3. The molecule has 1 N–H and O–H groups in total. The van der Waals surface area contributed by atoms with Crippen molar-refractivity contribution in [2.24, 2.45) is 5.41 Å². The lowest BCUT2D eigenvalue weighted by Crippen LogP contribution is -2.47. The molecular weight excluding hydrogens is 326 g/mol. The first-order valence-corrected chi connectivity index (χ1v) is 7.97. The van der Waals surface area contributed by atoms with E-state index in [4.69, 9.17) is 0 Å². The molecule has 2 aromatic carbocycles. The Balaban J connectivity index is 1.79. The molecule has 1 heterocycles. The first-order valence-electron chi connectivity index (χ1n) is 7.97. The second-order valence-electron chi connectivity index (χ2n) is 6.54. The van der Waals surface area contributed by atoms with E-state index in [0.29, 0.717) is 6.54 Å². The highest BCUT2D eigenvalue weighted by molar-refractivity contribution is 6.15. The van der Waals surface area contributed by atoms with Gasteiger partial charge >= 0.3 is 0 Å². The minimum Gasteiger partial charge on any atom is -0.325 e. The molecule has 0 aliphatic carbocycles. The van der Waals surface area contributed by atoms with Crippen LogP contribution in [-0.2, 0) is 16.0 Å². The van der Waals surface area contributed by atoms with Crippen LogP contribution in [0, 0.1) is 17.0 Å². The van der Waals surface area contributed by atoms with E-state index in [1.54, 1.807) is 4.90 Å². The van der Waals surface area contributed by atoms with Crippen LogP contribution >= 0.6 is 0 Å². The van der Waals surface area contributed by atoms with E-state index in [1.807, 2.05) is 24.3 Å². The molecule has 130 valence electrons. The van der Waals surface area contributed by atoms with Crippen LogP contribution in [0.4, 0.5) is 20.2 Å². The lowest BCUT2D eigenvalue weighted by atomic mass is 9.90. The maximum atomic E-state index is 13.3. The number of amides is 2. The molecule has 6 heteroatoms. The predicted molar refractivity (Wildman–Crippen MR) is 91.3 cm³/mol. The molecule has 25 heavy (non-hydrogen) atoms. The molecular formula is C19H18F2N2O2. The topological polar surface area (TPSA) is 49.4 Å². The summed E-state index contributed by atoms with van der Waals surface area (Å²) in [5.41, 5.74) is 0.614. The third kappa shape index (κ3) is 3.12. The van der Waals surface area contributed by atoms with Gasteiger partial charge in [0.2, 0.25) is 11.8 Å². The van der Waals surface area contributed by atoms with E-state index in [-0.39, 0.29) is 11.6 Å². The number of nitrogens with one attached hydrogen (secondary N) is 1. The van der Waals surface area contributed by atoms with Gasteiger partial charge in [-0.3, -0.25) is 9.59 Å². The van der Waals surface area contributed by atoms with Gasteiger partial charge in [0.1, 0.15) is 5.41 Å². The summed E-state index contributed by atoms with van der Waals surface area (Å²) in [7, 11) is 0. The SMILES string of the molecule is CC(C)(C(=O)Nc1ccc(F)c(F)c1)C(=O)N1CCc2ccccc21. The summed E-state index contributed by atoms with van der Waals surface area (Å²) in [4.78, 5) is 27.1. The number of halogens is 2. The van der Waals surface area contributed by atoms with Gasteiger partial charge in [-0.15, -0.1) is 0 Å². The minimum absolute atomic E-state index is 0.103. The van der Waals surface area contributed by atoms with E-state index in [9.17, 15) is 18.4 Å². The number of nitrogens with zero attached hydrogens (tertiary/aromatic N) is 1. The molecule has 2 amide bonds. The molecule has 0 aromatic heterocycles. The van der Waals surface area contributed by atoms with E-state index < -0.39 is 23.0 Å². The molecule has 0 saturated carbocycles. The fourth-order valence-corrected chi connectivity index (χ4v) is 2.84. The van der Waals surface area contributed by atoms with Crippen LogP contribution in [0.3, 0.4) is 0 Å². The van der Waals surface area contributed by atoms with E-state index in [2.05, 4.69) is 5.32 Å². The fourth-order valence-electron chi connectivity index (χ4n) is 2.84. The third-order valence-corrected chi connectivity index (χ3v) is 4.41. The van der Waals surface area contributed by atoms with Gasteiger partial charge in [-0.25, -0.2) is 8.78 Å². The molecule has 1 aliphatic rings. The van der Waals surface area contributed by atoms with Crippen LogP contribution in [-0.4, -0.2) is 18.4 Å². The highest BCUT2D eigenvalue weighted by Crippen LogP contribution is 2.32. The monoisotopic (exact) mass is 344 g/mol. The van der Waals surface area contributed by atoms with Crippen LogP contribution < -0.4 is 10.2 Å². The summed E-state index contributed by atoms with van der Waals surface area (Å²) in [6.07, 6.45) is 0.739. The van der Waals surface area contributed by atoms with Gasteiger partial charge in [0, 0.05) is 24.0 Å². The molecule has 0 spiro atoms. The van der Waals surface area contributed by atoms with Gasteiger partial charge in [-0.2, -0.15) is 0 Å². The van der Waals surface area contributed by atoms with Crippen molar-refractivity contribution in [2.45, 2.75) is 20.3 Å². The quantitative estimate of drug-likeness (QED) is 0.866. The van der Waals surface area contributed by atoms with Crippen molar-refractivity contribution in [1.29, 1.82) is 0 Å². The Morgan fingerprint density at radius 3 is 2.52 bits per heavy atom. The number of carbonyl (C=O) groups is 2. The van der Waals surface area contributed by atoms with Crippen molar-refractivity contribution >= 4 is 23.2 Å². The zero-order chi connectivity index (χ0) is 18.2. The Kier molecular flexibility index (Phi) is 4.29. The molecule has 3 rings (SSSR count). The third-order valence-electron chi connectivity index (χ3n) is 4.41. The van der Waals surface area contributed by atoms with Gasteiger partial charge in [0.15, 0.2) is 11.6 Å². The Labute approximate surface area is 144 Å². The molecule has 0 unspecified atom stereocenters. The van der Waals surface area contributed by atoms with E-state index in [0.717, 1.165) is 29.8 Å². The molecule has 0 atom stereocenters. The number of hydrogen-bond donors (Lipinski definition) is 1. The van der Waals surface area contributed by atoms with Crippen molar-refractivity contribution in [3.05, 3.63) is 59.7 Å². The number of rotatable bonds is 3. The van der Waals surface area contributed by atoms with Gasteiger partial charge in [-0.1, -0.05) is 18.2 Å². The van der Waals surface area contributed by atoms with Crippen LogP contribution in [0.15, 0.2) is 42.5 Å². The number of fused-ring (bicyclic) bond motifs is 1. The lowest BCUT2D eigenvalue weighted by molar-refractivity contribution is -0.136. The number of hydrogen-bond acceptors (Lipinski definition) is 2. The first kappa shape index (κ1) is 17.1. The van der Waals surface area contributed by atoms with Crippen molar-refractivity contribution in [1.82, 2.24) is 0 Å². The summed E-state index contributed by atoms with van der Waals surface area (Å²) >= 11 is 0. The minimum atomic E-state index is -1.36. The summed E-state index contributed by atoms with van der Waals surface area (Å²) in [6.45, 7) is 3.55. The number of para-hydroxylation sites is 1. The largest absolute Gasteiger partial charge is 0.325 e. The van der Waals surface area contributed by atoms with Gasteiger partial charge in [0.05, 0.1) is 0 Å². The Bertz CT molecular complexity index is 849. The fraction of sp³-hybridized carbons (Fsp3) is 0.263. The highest BCUT2D eigenvalue weighted by atomic mass is 19.2. The smallest absolute Gasteiger partial charge is 0.242 e. The molecule has 0 fully saturated rings. The highest BCUT2D eigenvalue weighted by Gasteiger charge is 2.41.